The maximum atomic E-state index is 12.3. The van der Waals surface area contributed by atoms with E-state index >= 15 is 0 Å². The molecule has 3 aromatic carbocycles. The number of nitrogens with one attached hydrogen (secondary N) is 2. The van der Waals surface area contributed by atoms with Crippen molar-refractivity contribution in [3.8, 4) is 11.5 Å². The first-order valence-corrected chi connectivity index (χ1v) is 10.3. The van der Waals surface area contributed by atoms with Crippen molar-refractivity contribution in [3.63, 3.8) is 0 Å². The van der Waals surface area contributed by atoms with Crippen molar-refractivity contribution < 1.29 is 19.0 Å². The van der Waals surface area contributed by atoms with Gasteiger partial charge in [0.15, 0.2) is 0 Å². The predicted octanol–water partition coefficient (Wildman–Crippen LogP) is 3.59. The van der Waals surface area contributed by atoms with Crippen LogP contribution in [0.4, 0.5) is 0 Å². The number of amidine groups is 2. The Balaban J connectivity index is 1.74. The van der Waals surface area contributed by atoms with Crippen LogP contribution in [0.5, 0.6) is 11.5 Å². The van der Waals surface area contributed by atoms with E-state index in [1.54, 1.807) is 67.6 Å². The van der Waals surface area contributed by atoms with Gasteiger partial charge in [0.05, 0.1) is 12.2 Å². The standard InChI is InChI=1S/C25H26N4O4/c1-2-31-25(30)20-12-16(14-32-21-7-3-18(4-8-21)23(26)27)11-17(13-20)15-33-22-9-5-19(6-10-22)24(28)29/h3-13H,2,14-15H2,1H3,(H3,26,27)(H3,28,29). The topological polar surface area (TPSA) is 145 Å². The highest BCUT2D eigenvalue weighted by Crippen LogP contribution is 2.19. The zero-order valence-electron chi connectivity index (χ0n) is 18.3. The molecule has 0 aliphatic carbocycles. The summed E-state index contributed by atoms with van der Waals surface area (Å²) in [6.45, 7) is 2.49. The van der Waals surface area contributed by atoms with E-state index in [0.717, 1.165) is 11.1 Å². The zero-order chi connectivity index (χ0) is 23.8. The van der Waals surface area contributed by atoms with E-state index in [-0.39, 0.29) is 31.5 Å². The van der Waals surface area contributed by atoms with Crippen LogP contribution in [0, 0.1) is 10.8 Å². The van der Waals surface area contributed by atoms with Gasteiger partial charge in [0.1, 0.15) is 36.4 Å². The Morgan fingerprint density at radius 2 is 1.15 bits per heavy atom. The van der Waals surface area contributed by atoms with E-state index in [1.165, 1.54) is 0 Å². The van der Waals surface area contributed by atoms with Crippen molar-refractivity contribution in [2.45, 2.75) is 20.1 Å². The van der Waals surface area contributed by atoms with Crippen molar-refractivity contribution in [1.29, 1.82) is 10.8 Å². The number of carbonyl (C=O) groups excluding carboxylic acids is 1. The van der Waals surface area contributed by atoms with E-state index < -0.39 is 5.97 Å². The maximum Gasteiger partial charge on any atom is 0.338 e. The summed E-state index contributed by atoms with van der Waals surface area (Å²) in [5.74, 6) is 0.792. The predicted molar refractivity (Wildman–Crippen MR) is 126 cm³/mol. The second kappa shape index (κ2) is 10.8. The van der Waals surface area contributed by atoms with E-state index in [4.69, 9.17) is 36.5 Å². The first kappa shape index (κ1) is 23.3. The molecule has 3 rings (SSSR count). The SMILES string of the molecule is CCOC(=O)c1cc(COc2ccc(C(=N)N)cc2)cc(COc2ccc(C(=N)N)cc2)c1. The van der Waals surface area contributed by atoms with E-state index in [9.17, 15) is 4.79 Å². The molecule has 0 saturated heterocycles. The van der Waals surface area contributed by atoms with Crippen LogP contribution in [-0.2, 0) is 18.0 Å². The summed E-state index contributed by atoms with van der Waals surface area (Å²) in [4.78, 5) is 12.3. The zero-order valence-corrected chi connectivity index (χ0v) is 18.3. The summed E-state index contributed by atoms with van der Waals surface area (Å²) in [5.41, 5.74) is 14.2. The van der Waals surface area contributed by atoms with E-state index in [0.29, 0.717) is 28.2 Å². The molecule has 170 valence electrons. The summed E-state index contributed by atoms with van der Waals surface area (Å²) in [7, 11) is 0. The Bertz CT molecular complexity index is 1060. The molecule has 0 aromatic heterocycles. The third-order valence-corrected chi connectivity index (χ3v) is 4.71. The lowest BCUT2D eigenvalue weighted by Gasteiger charge is -2.12. The van der Waals surface area contributed by atoms with Gasteiger partial charge in [-0.05, 0) is 84.8 Å². The molecular formula is C25H26N4O4. The Morgan fingerprint density at radius 1 is 0.727 bits per heavy atom. The molecule has 0 radical (unpaired) electrons. The largest absolute Gasteiger partial charge is 0.489 e. The first-order valence-electron chi connectivity index (χ1n) is 10.3. The molecule has 33 heavy (non-hydrogen) atoms. The number of esters is 1. The lowest BCUT2D eigenvalue weighted by atomic mass is 10.1. The highest BCUT2D eigenvalue weighted by Gasteiger charge is 2.11. The maximum absolute atomic E-state index is 12.3. The monoisotopic (exact) mass is 446 g/mol. The molecule has 0 spiro atoms. The third-order valence-electron chi connectivity index (χ3n) is 4.71. The number of ether oxygens (including phenoxy) is 3. The molecule has 0 saturated carbocycles. The molecule has 0 fully saturated rings. The average molecular weight is 447 g/mol. The summed E-state index contributed by atoms with van der Waals surface area (Å²) in [6, 6.07) is 19.2. The second-order valence-electron chi connectivity index (χ2n) is 7.21. The summed E-state index contributed by atoms with van der Waals surface area (Å²) in [5, 5.41) is 14.9. The molecule has 0 amide bonds. The molecule has 0 heterocycles. The molecule has 8 nitrogen and oxygen atoms in total. The van der Waals surface area contributed by atoms with Gasteiger partial charge in [-0.1, -0.05) is 0 Å². The van der Waals surface area contributed by atoms with Crippen molar-refractivity contribution in [2.24, 2.45) is 11.5 Å². The Kier molecular flexibility index (Phi) is 7.64. The van der Waals surface area contributed by atoms with Crippen molar-refractivity contribution in [1.82, 2.24) is 0 Å². The number of hydrogen-bond donors (Lipinski definition) is 4. The van der Waals surface area contributed by atoms with Crippen molar-refractivity contribution >= 4 is 17.6 Å². The fourth-order valence-corrected chi connectivity index (χ4v) is 3.06. The molecule has 8 heteroatoms. The Morgan fingerprint density at radius 3 is 1.52 bits per heavy atom. The van der Waals surface area contributed by atoms with Gasteiger partial charge >= 0.3 is 5.97 Å². The van der Waals surface area contributed by atoms with Gasteiger partial charge in [0.2, 0.25) is 0 Å². The number of benzene rings is 3. The molecule has 0 aliphatic heterocycles. The quantitative estimate of drug-likeness (QED) is 0.213. The Labute approximate surface area is 192 Å². The molecular weight excluding hydrogens is 420 g/mol. The van der Waals surface area contributed by atoms with Crippen LogP contribution < -0.4 is 20.9 Å². The van der Waals surface area contributed by atoms with Crippen LogP contribution in [0.25, 0.3) is 0 Å². The van der Waals surface area contributed by atoms with Gasteiger partial charge in [0, 0.05) is 11.1 Å². The van der Waals surface area contributed by atoms with E-state index in [1.807, 2.05) is 6.07 Å². The van der Waals surface area contributed by atoms with Gasteiger partial charge in [-0.25, -0.2) is 4.79 Å². The van der Waals surface area contributed by atoms with Crippen LogP contribution in [0.1, 0.15) is 39.5 Å². The van der Waals surface area contributed by atoms with E-state index in [2.05, 4.69) is 0 Å². The normalized spacial score (nSPS) is 10.3. The van der Waals surface area contributed by atoms with Crippen LogP contribution in [0.2, 0.25) is 0 Å². The number of rotatable bonds is 10. The lowest BCUT2D eigenvalue weighted by Crippen LogP contribution is -2.11. The molecule has 3 aromatic rings. The van der Waals surface area contributed by atoms with Crippen LogP contribution in [-0.4, -0.2) is 24.2 Å². The molecule has 0 aliphatic rings. The minimum atomic E-state index is -0.419. The lowest BCUT2D eigenvalue weighted by molar-refractivity contribution is 0.0526. The second-order valence-corrected chi connectivity index (χ2v) is 7.21. The molecule has 0 atom stereocenters. The fourth-order valence-electron chi connectivity index (χ4n) is 3.06. The van der Waals surface area contributed by atoms with Gasteiger partial charge in [0.25, 0.3) is 0 Å². The number of nitrogen functional groups attached to an aromatic ring is 2. The van der Waals surface area contributed by atoms with Crippen molar-refractivity contribution in [2.75, 3.05) is 6.61 Å². The molecule has 0 unspecified atom stereocenters. The number of nitrogens with two attached hydrogens (primary N) is 2. The number of carbonyl (C=O) groups is 1. The van der Waals surface area contributed by atoms with Gasteiger partial charge in [-0.15, -0.1) is 0 Å². The highest BCUT2D eigenvalue weighted by atomic mass is 16.5. The minimum Gasteiger partial charge on any atom is -0.489 e. The fraction of sp³-hybridized carbons (Fsp3) is 0.160. The molecule has 6 N–H and O–H groups in total. The first-order chi connectivity index (χ1) is 15.9. The third kappa shape index (κ3) is 6.57. The Hall–Kier alpha value is -4.33. The summed E-state index contributed by atoms with van der Waals surface area (Å²) >= 11 is 0. The average Bonchev–Trinajstić information content (AvgIpc) is 2.82. The number of hydrogen-bond acceptors (Lipinski definition) is 6. The van der Waals surface area contributed by atoms with Crippen molar-refractivity contribution in [3.05, 3.63) is 94.5 Å². The smallest absolute Gasteiger partial charge is 0.338 e. The van der Waals surface area contributed by atoms with Crippen LogP contribution in [0.15, 0.2) is 66.7 Å². The van der Waals surface area contributed by atoms with Gasteiger partial charge < -0.3 is 25.7 Å². The van der Waals surface area contributed by atoms with Gasteiger partial charge in [-0.3, -0.25) is 10.8 Å². The molecule has 0 bridgehead atoms. The summed E-state index contributed by atoms with van der Waals surface area (Å²) in [6.07, 6.45) is 0. The minimum absolute atomic E-state index is 0.00994. The van der Waals surface area contributed by atoms with Crippen LogP contribution in [0.3, 0.4) is 0 Å². The highest BCUT2D eigenvalue weighted by molar-refractivity contribution is 5.95. The summed E-state index contributed by atoms with van der Waals surface area (Å²) < 4.78 is 16.8. The van der Waals surface area contributed by atoms with Gasteiger partial charge in [-0.2, -0.15) is 0 Å². The van der Waals surface area contributed by atoms with Crippen LogP contribution >= 0.6 is 0 Å².